The van der Waals surface area contributed by atoms with Gasteiger partial charge in [0.1, 0.15) is 18.1 Å². The van der Waals surface area contributed by atoms with E-state index in [4.69, 9.17) is 17.0 Å². The average molecular weight is 372 g/mol. The minimum atomic E-state index is -0.419. The predicted octanol–water partition coefficient (Wildman–Crippen LogP) is 3.78. The van der Waals surface area contributed by atoms with E-state index in [1.807, 2.05) is 31.2 Å². The Hall–Kier alpha value is -3.00. The fourth-order valence-corrected chi connectivity index (χ4v) is 2.66. The molecule has 0 aliphatic rings. The number of anilines is 1. The third-order valence-corrected chi connectivity index (χ3v) is 3.90. The van der Waals surface area contributed by atoms with Gasteiger partial charge in [-0.3, -0.25) is 14.5 Å². The zero-order valence-corrected chi connectivity index (χ0v) is 14.8. The summed E-state index contributed by atoms with van der Waals surface area (Å²) in [6.07, 6.45) is 0. The molecule has 3 aromatic rings. The van der Waals surface area contributed by atoms with Crippen LogP contribution in [0.5, 0.6) is 5.75 Å². The van der Waals surface area contributed by atoms with Crippen molar-refractivity contribution in [2.24, 2.45) is 0 Å². The topological polar surface area (TPSA) is 71.9 Å². The lowest BCUT2D eigenvalue weighted by Gasteiger charge is -2.09. The van der Waals surface area contributed by atoms with Gasteiger partial charge in [-0.15, -0.1) is 0 Å². The Morgan fingerprint density at radius 1 is 1.31 bits per heavy atom. The summed E-state index contributed by atoms with van der Waals surface area (Å²) in [4.78, 5) is 12.3. The molecule has 1 amide bonds. The normalized spacial score (nSPS) is 10.5. The molecule has 0 unspecified atom stereocenters. The third-order valence-electron chi connectivity index (χ3n) is 3.59. The molecule has 1 heterocycles. The highest BCUT2D eigenvalue weighted by Gasteiger charge is 2.13. The minimum Gasteiger partial charge on any atom is -0.494 e. The zero-order valence-electron chi connectivity index (χ0n) is 14.0. The summed E-state index contributed by atoms with van der Waals surface area (Å²) >= 11 is 5.22. The Kier molecular flexibility index (Phi) is 5.43. The van der Waals surface area contributed by atoms with Gasteiger partial charge in [0.05, 0.1) is 6.61 Å². The zero-order chi connectivity index (χ0) is 18.5. The first-order chi connectivity index (χ1) is 12.6. The van der Waals surface area contributed by atoms with Gasteiger partial charge < -0.3 is 10.1 Å². The molecule has 2 aromatic carbocycles. The third kappa shape index (κ3) is 4.15. The van der Waals surface area contributed by atoms with E-state index in [1.165, 1.54) is 18.2 Å². The Morgan fingerprint density at radius 3 is 2.77 bits per heavy atom. The molecular formula is C18H17FN4O2S. The first-order valence-electron chi connectivity index (χ1n) is 8.00. The molecule has 0 fully saturated rings. The molecule has 0 spiro atoms. The predicted molar refractivity (Wildman–Crippen MR) is 99.0 cm³/mol. The first kappa shape index (κ1) is 17.8. The molecule has 0 saturated carbocycles. The number of rotatable bonds is 6. The van der Waals surface area contributed by atoms with Crippen LogP contribution < -0.4 is 10.1 Å². The van der Waals surface area contributed by atoms with Crippen LogP contribution in [0, 0.1) is 10.6 Å². The molecule has 0 bridgehead atoms. The first-order valence-corrected chi connectivity index (χ1v) is 8.41. The van der Waals surface area contributed by atoms with Crippen LogP contribution in [-0.4, -0.2) is 27.3 Å². The number of aromatic nitrogens is 3. The van der Waals surface area contributed by atoms with Crippen LogP contribution in [0.4, 0.5) is 10.1 Å². The molecule has 1 aromatic heterocycles. The van der Waals surface area contributed by atoms with E-state index < -0.39 is 5.82 Å². The fraction of sp³-hybridized carbons (Fsp3) is 0.167. The number of nitrogens with one attached hydrogen (secondary N) is 2. The summed E-state index contributed by atoms with van der Waals surface area (Å²) in [5.74, 6) is 0.534. The van der Waals surface area contributed by atoms with Crippen LogP contribution >= 0.6 is 12.2 Å². The molecular weight excluding hydrogens is 355 g/mol. The second-order valence-electron chi connectivity index (χ2n) is 5.45. The van der Waals surface area contributed by atoms with Crippen LogP contribution in [-0.2, 0) is 11.3 Å². The number of hydrogen-bond donors (Lipinski definition) is 2. The van der Waals surface area contributed by atoms with Gasteiger partial charge in [0.25, 0.3) is 0 Å². The van der Waals surface area contributed by atoms with E-state index in [-0.39, 0.29) is 12.5 Å². The standard InChI is InChI=1S/C18H17FN4O2S/c1-2-25-15-8-6-12(7-9-15)17-21-22-18(26)23(17)11-16(24)20-14-5-3-4-13(19)10-14/h3-10H,2,11H2,1H3,(H,20,24)(H,22,26). The number of H-pyrrole nitrogens is 1. The second kappa shape index (κ2) is 7.92. The fourth-order valence-electron chi connectivity index (χ4n) is 2.46. The van der Waals surface area contributed by atoms with Crippen molar-refractivity contribution in [1.82, 2.24) is 14.8 Å². The van der Waals surface area contributed by atoms with E-state index in [1.54, 1.807) is 10.6 Å². The molecule has 26 heavy (non-hydrogen) atoms. The SMILES string of the molecule is CCOc1ccc(-c2n[nH]c(=S)n2CC(=O)Nc2cccc(F)c2)cc1. The summed E-state index contributed by atoms with van der Waals surface area (Å²) in [5.41, 5.74) is 1.17. The molecule has 3 rings (SSSR count). The van der Waals surface area contributed by atoms with Crippen molar-refractivity contribution < 1.29 is 13.9 Å². The molecule has 0 atom stereocenters. The molecule has 8 heteroatoms. The quantitative estimate of drug-likeness (QED) is 0.646. The summed E-state index contributed by atoms with van der Waals surface area (Å²) < 4.78 is 20.6. The Balaban J connectivity index is 1.79. The Morgan fingerprint density at radius 2 is 2.08 bits per heavy atom. The van der Waals surface area contributed by atoms with Gasteiger partial charge in [0.2, 0.25) is 5.91 Å². The Bertz CT molecular complexity index is 966. The van der Waals surface area contributed by atoms with Crippen molar-refractivity contribution in [3.8, 4) is 17.1 Å². The van der Waals surface area contributed by atoms with Gasteiger partial charge >= 0.3 is 0 Å². The van der Waals surface area contributed by atoms with Crippen molar-refractivity contribution in [2.45, 2.75) is 13.5 Å². The van der Waals surface area contributed by atoms with Crippen LogP contribution in [0.25, 0.3) is 11.4 Å². The molecule has 0 aliphatic carbocycles. The minimum absolute atomic E-state index is 0.0472. The highest BCUT2D eigenvalue weighted by Crippen LogP contribution is 2.21. The number of amides is 1. The highest BCUT2D eigenvalue weighted by molar-refractivity contribution is 7.71. The van der Waals surface area contributed by atoms with Gasteiger partial charge in [-0.1, -0.05) is 6.07 Å². The average Bonchev–Trinajstić information content (AvgIpc) is 2.96. The van der Waals surface area contributed by atoms with Crippen molar-refractivity contribution >= 4 is 23.8 Å². The smallest absolute Gasteiger partial charge is 0.244 e. The van der Waals surface area contributed by atoms with Crippen LogP contribution in [0.15, 0.2) is 48.5 Å². The lowest BCUT2D eigenvalue weighted by molar-refractivity contribution is -0.116. The molecule has 0 radical (unpaired) electrons. The number of carbonyl (C=O) groups is 1. The maximum absolute atomic E-state index is 13.2. The number of halogens is 1. The van der Waals surface area contributed by atoms with E-state index in [9.17, 15) is 9.18 Å². The maximum atomic E-state index is 13.2. The van der Waals surface area contributed by atoms with Crippen molar-refractivity contribution in [1.29, 1.82) is 0 Å². The number of aromatic amines is 1. The maximum Gasteiger partial charge on any atom is 0.244 e. The van der Waals surface area contributed by atoms with Crippen molar-refractivity contribution in [3.63, 3.8) is 0 Å². The molecule has 0 aliphatic heterocycles. The summed E-state index contributed by atoms with van der Waals surface area (Å²) in [6, 6.07) is 13.0. The monoisotopic (exact) mass is 372 g/mol. The summed E-state index contributed by atoms with van der Waals surface area (Å²) in [6.45, 7) is 2.45. The summed E-state index contributed by atoms with van der Waals surface area (Å²) in [5, 5.41) is 9.54. The number of ether oxygens (including phenoxy) is 1. The molecule has 6 nitrogen and oxygen atoms in total. The Labute approximate surface area is 154 Å². The van der Waals surface area contributed by atoms with E-state index in [2.05, 4.69) is 15.5 Å². The van der Waals surface area contributed by atoms with Crippen LogP contribution in [0.1, 0.15) is 6.92 Å². The van der Waals surface area contributed by atoms with E-state index in [0.717, 1.165) is 11.3 Å². The van der Waals surface area contributed by atoms with Crippen LogP contribution in [0.2, 0.25) is 0 Å². The lowest BCUT2D eigenvalue weighted by Crippen LogP contribution is -2.19. The van der Waals surface area contributed by atoms with Crippen LogP contribution in [0.3, 0.4) is 0 Å². The lowest BCUT2D eigenvalue weighted by atomic mass is 10.2. The van der Waals surface area contributed by atoms with Crippen molar-refractivity contribution in [2.75, 3.05) is 11.9 Å². The molecule has 2 N–H and O–H groups in total. The van der Waals surface area contributed by atoms with Gasteiger partial charge in [0, 0.05) is 11.3 Å². The number of carbonyl (C=O) groups excluding carboxylic acids is 1. The van der Waals surface area contributed by atoms with Crippen molar-refractivity contribution in [3.05, 3.63) is 59.1 Å². The largest absolute Gasteiger partial charge is 0.494 e. The number of benzene rings is 2. The molecule has 0 saturated heterocycles. The highest BCUT2D eigenvalue weighted by atomic mass is 32.1. The van der Waals surface area contributed by atoms with Gasteiger partial charge in [-0.25, -0.2) is 4.39 Å². The molecule has 134 valence electrons. The van der Waals surface area contributed by atoms with E-state index in [0.29, 0.717) is 22.9 Å². The van der Waals surface area contributed by atoms with Gasteiger partial charge in [-0.05, 0) is 61.6 Å². The summed E-state index contributed by atoms with van der Waals surface area (Å²) in [7, 11) is 0. The number of hydrogen-bond acceptors (Lipinski definition) is 4. The second-order valence-corrected chi connectivity index (χ2v) is 5.84. The van der Waals surface area contributed by atoms with Gasteiger partial charge in [-0.2, -0.15) is 5.10 Å². The number of nitrogens with zero attached hydrogens (tertiary/aromatic N) is 2. The van der Waals surface area contributed by atoms with E-state index >= 15 is 0 Å². The van der Waals surface area contributed by atoms with Gasteiger partial charge in [0.15, 0.2) is 10.6 Å².